The molecule has 0 saturated carbocycles. The van der Waals surface area contributed by atoms with E-state index in [2.05, 4.69) is 31.1 Å². The van der Waals surface area contributed by atoms with E-state index in [4.69, 9.17) is 0 Å². The number of carbonyl (C=O) groups excluding carboxylic acids is 1. The van der Waals surface area contributed by atoms with Crippen LogP contribution in [0.4, 0.5) is 5.69 Å². The summed E-state index contributed by atoms with van der Waals surface area (Å²) in [6, 6.07) is 7.81. The Kier molecular flexibility index (Phi) is 3.56. The Labute approximate surface area is 125 Å². The number of halogens is 1. The Morgan fingerprint density at radius 1 is 1.40 bits per heavy atom. The third-order valence-electron chi connectivity index (χ3n) is 3.46. The number of hydrogen-bond acceptors (Lipinski definition) is 3. The minimum Gasteiger partial charge on any atom is -0.312 e. The molecular formula is C14H15BrN4O. The third-order valence-corrected chi connectivity index (χ3v) is 4.37. The summed E-state index contributed by atoms with van der Waals surface area (Å²) in [5.41, 5.74) is 1.89. The van der Waals surface area contributed by atoms with E-state index < -0.39 is 0 Å². The fourth-order valence-electron chi connectivity index (χ4n) is 2.40. The summed E-state index contributed by atoms with van der Waals surface area (Å²) < 4.78 is 0. The van der Waals surface area contributed by atoms with E-state index in [-0.39, 0.29) is 5.91 Å². The predicted octanol–water partition coefficient (Wildman–Crippen LogP) is 2.53. The van der Waals surface area contributed by atoms with E-state index >= 15 is 0 Å². The van der Waals surface area contributed by atoms with Gasteiger partial charge in [-0.3, -0.25) is 9.89 Å². The number of alkyl halides is 1. The van der Waals surface area contributed by atoms with Crippen molar-refractivity contribution in [3.63, 3.8) is 0 Å². The lowest BCUT2D eigenvalue weighted by molar-refractivity contribution is -0.117. The number of carbonyl (C=O) groups is 1. The second-order valence-corrected chi connectivity index (χ2v) is 5.67. The number of amides is 1. The molecule has 6 heteroatoms. The van der Waals surface area contributed by atoms with Crippen LogP contribution in [-0.4, -0.2) is 33.0 Å². The number of benzene rings is 1. The molecule has 1 aromatic carbocycles. The van der Waals surface area contributed by atoms with Gasteiger partial charge in [-0.2, -0.15) is 5.10 Å². The van der Waals surface area contributed by atoms with Crippen LogP contribution in [0.3, 0.4) is 0 Å². The molecule has 104 valence electrons. The van der Waals surface area contributed by atoms with Crippen LogP contribution in [0.5, 0.6) is 0 Å². The first kappa shape index (κ1) is 13.3. The van der Waals surface area contributed by atoms with Crippen LogP contribution in [0.1, 0.15) is 12.2 Å². The normalized spacial score (nSPS) is 18.8. The minimum absolute atomic E-state index is 0.191. The van der Waals surface area contributed by atoms with E-state index in [1.54, 1.807) is 0 Å². The molecule has 1 aromatic heterocycles. The molecule has 2 heterocycles. The molecule has 1 atom stereocenters. The van der Waals surface area contributed by atoms with Crippen LogP contribution in [-0.2, 0) is 4.79 Å². The summed E-state index contributed by atoms with van der Waals surface area (Å²) in [5, 5.41) is 7.82. The second-order valence-electron chi connectivity index (χ2n) is 5.02. The summed E-state index contributed by atoms with van der Waals surface area (Å²) in [7, 11) is 0. The van der Waals surface area contributed by atoms with Crippen molar-refractivity contribution < 1.29 is 4.79 Å². The van der Waals surface area contributed by atoms with Gasteiger partial charge in [-0.15, -0.1) is 0 Å². The zero-order chi connectivity index (χ0) is 14.1. The van der Waals surface area contributed by atoms with Gasteiger partial charge in [-0.1, -0.05) is 15.9 Å². The molecule has 5 nitrogen and oxygen atoms in total. The van der Waals surface area contributed by atoms with Crippen molar-refractivity contribution in [2.75, 3.05) is 16.8 Å². The van der Waals surface area contributed by atoms with Crippen LogP contribution in [0.25, 0.3) is 11.4 Å². The zero-order valence-corrected chi connectivity index (χ0v) is 12.7. The lowest BCUT2D eigenvalue weighted by Gasteiger charge is -2.16. The Morgan fingerprint density at radius 2 is 2.15 bits per heavy atom. The van der Waals surface area contributed by atoms with Gasteiger partial charge < -0.3 is 4.90 Å². The van der Waals surface area contributed by atoms with Crippen LogP contribution in [0.15, 0.2) is 24.3 Å². The summed E-state index contributed by atoms with van der Waals surface area (Å²) in [5.74, 6) is 2.06. The number of nitrogens with one attached hydrogen (secondary N) is 1. The predicted molar refractivity (Wildman–Crippen MR) is 80.8 cm³/mol. The highest BCUT2D eigenvalue weighted by atomic mass is 79.9. The van der Waals surface area contributed by atoms with Crippen molar-refractivity contribution in [2.24, 2.45) is 5.92 Å². The summed E-state index contributed by atoms with van der Waals surface area (Å²) in [6.07, 6.45) is 0.618. The fraction of sp³-hybridized carbons (Fsp3) is 0.357. The van der Waals surface area contributed by atoms with Crippen molar-refractivity contribution in [2.45, 2.75) is 13.3 Å². The Bertz CT molecular complexity index is 622. The maximum absolute atomic E-state index is 12.0. The average Bonchev–Trinajstić information content (AvgIpc) is 3.05. The molecule has 0 aliphatic carbocycles. The van der Waals surface area contributed by atoms with Crippen molar-refractivity contribution in [3.05, 3.63) is 30.1 Å². The number of anilines is 1. The molecule has 1 saturated heterocycles. The molecule has 1 aliphatic rings. The molecule has 0 radical (unpaired) electrons. The molecule has 1 aliphatic heterocycles. The molecule has 1 amide bonds. The first-order valence-electron chi connectivity index (χ1n) is 6.53. The molecule has 3 rings (SSSR count). The summed E-state index contributed by atoms with van der Waals surface area (Å²) in [4.78, 5) is 18.1. The summed E-state index contributed by atoms with van der Waals surface area (Å²) in [6.45, 7) is 2.65. The molecule has 20 heavy (non-hydrogen) atoms. The molecule has 1 N–H and O–H groups in total. The number of aryl methyl sites for hydroxylation is 1. The lowest BCUT2D eigenvalue weighted by atomic mass is 10.1. The average molecular weight is 335 g/mol. The highest BCUT2D eigenvalue weighted by Crippen LogP contribution is 2.27. The Morgan fingerprint density at radius 3 is 2.70 bits per heavy atom. The zero-order valence-electron chi connectivity index (χ0n) is 11.1. The molecular weight excluding hydrogens is 320 g/mol. The molecule has 1 fully saturated rings. The second kappa shape index (κ2) is 5.36. The highest BCUT2D eigenvalue weighted by molar-refractivity contribution is 9.09. The number of H-pyrrole nitrogens is 1. The number of aromatic amines is 1. The number of rotatable bonds is 3. The van der Waals surface area contributed by atoms with Crippen molar-refractivity contribution in [3.8, 4) is 11.4 Å². The SMILES string of the molecule is Cc1nc(-c2ccc(N3CC(CBr)CC3=O)cc2)n[nH]1. The van der Waals surface area contributed by atoms with Gasteiger partial charge in [0.2, 0.25) is 5.91 Å². The highest BCUT2D eigenvalue weighted by Gasteiger charge is 2.29. The first-order valence-corrected chi connectivity index (χ1v) is 7.65. The van der Waals surface area contributed by atoms with Crippen LogP contribution < -0.4 is 4.90 Å². The van der Waals surface area contributed by atoms with Gasteiger partial charge in [-0.05, 0) is 37.1 Å². The fourth-order valence-corrected chi connectivity index (χ4v) is 2.83. The monoisotopic (exact) mass is 334 g/mol. The largest absolute Gasteiger partial charge is 0.312 e. The standard InChI is InChI=1S/C14H15BrN4O/c1-9-16-14(18-17-9)11-2-4-12(5-3-11)19-8-10(7-15)6-13(19)20/h2-5,10H,6-8H2,1H3,(H,16,17,18). The summed E-state index contributed by atoms with van der Waals surface area (Å²) >= 11 is 3.45. The number of nitrogens with zero attached hydrogens (tertiary/aromatic N) is 3. The maximum atomic E-state index is 12.0. The Hall–Kier alpha value is -1.69. The minimum atomic E-state index is 0.191. The van der Waals surface area contributed by atoms with Gasteiger partial charge in [0.05, 0.1) is 0 Å². The van der Waals surface area contributed by atoms with Crippen molar-refractivity contribution >= 4 is 27.5 Å². The number of aromatic nitrogens is 3. The van der Waals surface area contributed by atoms with Crippen LogP contribution >= 0.6 is 15.9 Å². The van der Waals surface area contributed by atoms with Gasteiger partial charge in [0, 0.05) is 29.5 Å². The quantitative estimate of drug-likeness (QED) is 0.877. The van der Waals surface area contributed by atoms with Crippen molar-refractivity contribution in [1.29, 1.82) is 0 Å². The van der Waals surface area contributed by atoms with E-state index in [1.165, 1.54) is 0 Å². The third kappa shape index (κ3) is 2.47. The van der Waals surface area contributed by atoms with Gasteiger partial charge in [0.15, 0.2) is 5.82 Å². The van der Waals surface area contributed by atoms with E-state index in [0.29, 0.717) is 18.2 Å². The van der Waals surface area contributed by atoms with E-state index in [1.807, 2.05) is 36.1 Å². The molecule has 2 aromatic rings. The van der Waals surface area contributed by atoms with Crippen molar-refractivity contribution in [1.82, 2.24) is 15.2 Å². The van der Waals surface area contributed by atoms with Gasteiger partial charge in [0.25, 0.3) is 0 Å². The van der Waals surface area contributed by atoms with Crippen LogP contribution in [0.2, 0.25) is 0 Å². The van der Waals surface area contributed by atoms with Crippen LogP contribution in [0, 0.1) is 12.8 Å². The smallest absolute Gasteiger partial charge is 0.227 e. The maximum Gasteiger partial charge on any atom is 0.227 e. The van der Waals surface area contributed by atoms with Gasteiger partial charge in [0.1, 0.15) is 5.82 Å². The molecule has 0 spiro atoms. The lowest BCUT2D eigenvalue weighted by Crippen LogP contribution is -2.24. The van der Waals surface area contributed by atoms with E-state index in [9.17, 15) is 4.79 Å². The van der Waals surface area contributed by atoms with Gasteiger partial charge >= 0.3 is 0 Å². The molecule has 0 bridgehead atoms. The number of hydrogen-bond donors (Lipinski definition) is 1. The van der Waals surface area contributed by atoms with E-state index in [0.717, 1.165) is 29.0 Å². The first-order chi connectivity index (χ1) is 9.67. The molecule has 1 unspecified atom stereocenters. The van der Waals surface area contributed by atoms with Gasteiger partial charge in [-0.25, -0.2) is 4.98 Å². The topological polar surface area (TPSA) is 61.9 Å². The Balaban J connectivity index is 1.81.